The second kappa shape index (κ2) is 7.07. The van der Waals surface area contributed by atoms with Crippen LogP contribution in [0, 0.1) is 0 Å². The van der Waals surface area contributed by atoms with Gasteiger partial charge >= 0.3 is 0 Å². The molecule has 0 bridgehead atoms. The highest BCUT2D eigenvalue weighted by atomic mass is 32.2. The van der Waals surface area contributed by atoms with Gasteiger partial charge in [0.25, 0.3) is 0 Å². The molecule has 5 nitrogen and oxygen atoms in total. The minimum absolute atomic E-state index is 0.00968. The van der Waals surface area contributed by atoms with Crippen molar-refractivity contribution in [3.05, 3.63) is 47.5 Å². The summed E-state index contributed by atoms with van der Waals surface area (Å²) in [6.45, 7) is 5.35. The number of hydrogen-bond donors (Lipinski definition) is 0. The SMILES string of the molecule is CC(C)=CC(=O)N1CCN(S(=O)(=O)Cc2ccccc2)CC1. The van der Waals surface area contributed by atoms with Gasteiger partial charge in [0.05, 0.1) is 5.75 Å². The van der Waals surface area contributed by atoms with Crippen molar-refractivity contribution in [3.8, 4) is 0 Å². The maximum absolute atomic E-state index is 12.4. The quantitative estimate of drug-likeness (QED) is 0.792. The summed E-state index contributed by atoms with van der Waals surface area (Å²) in [6, 6.07) is 9.16. The van der Waals surface area contributed by atoms with E-state index in [2.05, 4.69) is 0 Å². The first-order valence-corrected chi connectivity index (χ1v) is 8.95. The number of carbonyl (C=O) groups excluding carboxylic acids is 1. The van der Waals surface area contributed by atoms with Crippen LogP contribution in [-0.4, -0.2) is 49.7 Å². The Morgan fingerprint density at radius 1 is 1.09 bits per heavy atom. The van der Waals surface area contributed by atoms with Crippen LogP contribution in [0.5, 0.6) is 0 Å². The topological polar surface area (TPSA) is 57.7 Å². The average Bonchev–Trinajstić information content (AvgIpc) is 2.47. The molecule has 1 saturated heterocycles. The Morgan fingerprint density at radius 2 is 1.68 bits per heavy atom. The van der Waals surface area contributed by atoms with Crippen LogP contribution in [-0.2, 0) is 20.6 Å². The van der Waals surface area contributed by atoms with Crippen LogP contribution in [0.25, 0.3) is 0 Å². The number of nitrogens with zero attached hydrogens (tertiary/aromatic N) is 2. The lowest BCUT2D eigenvalue weighted by molar-refractivity contribution is -0.127. The van der Waals surface area contributed by atoms with E-state index in [0.717, 1.165) is 11.1 Å². The highest BCUT2D eigenvalue weighted by Gasteiger charge is 2.28. The number of rotatable bonds is 4. The van der Waals surface area contributed by atoms with E-state index in [0.29, 0.717) is 26.2 Å². The molecule has 120 valence electrons. The molecule has 0 atom stereocenters. The molecular weight excluding hydrogens is 300 g/mol. The highest BCUT2D eigenvalue weighted by Crippen LogP contribution is 2.14. The number of piperazine rings is 1. The Bertz CT molecular complexity index is 641. The van der Waals surface area contributed by atoms with Gasteiger partial charge in [-0.15, -0.1) is 0 Å². The molecule has 0 aliphatic carbocycles. The molecule has 22 heavy (non-hydrogen) atoms. The van der Waals surface area contributed by atoms with Gasteiger partial charge in [-0.25, -0.2) is 8.42 Å². The molecule has 1 amide bonds. The lowest BCUT2D eigenvalue weighted by Crippen LogP contribution is -2.50. The second-order valence-electron chi connectivity index (χ2n) is 5.69. The minimum atomic E-state index is -3.33. The van der Waals surface area contributed by atoms with E-state index in [-0.39, 0.29) is 11.7 Å². The van der Waals surface area contributed by atoms with E-state index in [9.17, 15) is 13.2 Å². The van der Waals surface area contributed by atoms with Crippen LogP contribution in [0.3, 0.4) is 0 Å². The normalized spacial score (nSPS) is 16.4. The number of hydrogen-bond acceptors (Lipinski definition) is 3. The van der Waals surface area contributed by atoms with Gasteiger partial charge in [-0.1, -0.05) is 35.9 Å². The van der Waals surface area contributed by atoms with E-state index in [1.54, 1.807) is 11.0 Å². The molecule has 1 aromatic carbocycles. The number of benzene rings is 1. The van der Waals surface area contributed by atoms with Gasteiger partial charge in [-0.2, -0.15) is 4.31 Å². The Morgan fingerprint density at radius 3 is 2.23 bits per heavy atom. The lowest BCUT2D eigenvalue weighted by Gasteiger charge is -2.33. The predicted octanol–water partition coefficient (Wildman–Crippen LogP) is 1.63. The van der Waals surface area contributed by atoms with Crippen molar-refractivity contribution in [3.63, 3.8) is 0 Å². The zero-order valence-corrected chi connectivity index (χ0v) is 13.8. The average molecular weight is 322 g/mol. The third-order valence-electron chi connectivity index (χ3n) is 3.55. The second-order valence-corrected chi connectivity index (χ2v) is 7.66. The third kappa shape index (κ3) is 4.42. The third-order valence-corrected chi connectivity index (χ3v) is 5.40. The van der Waals surface area contributed by atoms with E-state index >= 15 is 0 Å². The van der Waals surface area contributed by atoms with Gasteiger partial charge < -0.3 is 4.90 Å². The van der Waals surface area contributed by atoms with Gasteiger partial charge in [0.15, 0.2) is 0 Å². The summed E-state index contributed by atoms with van der Waals surface area (Å²) in [5.74, 6) is -0.0319. The summed E-state index contributed by atoms with van der Waals surface area (Å²) in [4.78, 5) is 13.6. The first-order valence-electron chi connectivity index (χ1n) is 7.34. The minimum Gasteiger partial charge on any atom is -0.337 e. The summed E-state index contributed by atoms with van der Waals surface area (Å²) in [5.41, 5.74) is 1.73. The molecule has 2 rings (SSSR count). The maximum atomic E-state index is 12.4. The fourth-order valence-electron chi connectivity index (χ4n) is 2.40. The molecule has 0 radical (unpaired) electrons. The van der Waals surface area contributed by atoms with Gasteiger partial charge in [-0.05, 0) is 19.4 Å². The number of allylic oxidation sites excluding steroid dienone is 1. The van der Waals surface area contributed by atoms with Crippen molar-refractivity contribution in [2.75, 3.05) is 26.2 Å². The summed E-state index contributed by atoms with van der Waals surface area (Å²) < 4.78 is 26.3. The van der Waals surface area contributed by atoms with Gasteiger partial charge in [0, 0.05) is 32.3 Å². The molecule has 0 aromatic heterocycles. The zero-order valence-electron chi connectivity index (χ0n) is 13.0. The highest BCUT2D eigenvalue weighted by molar-refractivity contribution is 7.88. The summed E-state index contributed by atoms with van der Waals surface area (Å²) in [7, 11) is -3.33. The van der Waals surface area contributed by atoms with Gasteiger partial charge in [0.2, 0.25) is 15.9 Å². The fraction of sp³-hybridized carbons (Fsp3) is 0.438. The maximum Gasteiger partial charge on any atom is 0.246 e. The molecule has 0 spiro atoms. The number of sulfonamides is 1. The zero-order chi connectivity index (χ0) is 16.2. The Kier molecular flexibility index (Phi) is 5.37. The molecule has 1 fully saturated rings. The molecule has 0 N–H and O–H groups in total. The van der Waals surface area contributed by atoms with Crippen LogP contribution in [0.4, 0.5) is 0 Å². The molecular formula is C16H22N2O3S. The fourth-order valence-corrected chi connectivity index (χ4v) is 3.92. The van der Waals surface area contributed by atoms with E-state index < -0.39 is 10.0 Å². The van der Waals surface area contributed by atoms with Crippen molar-refractivity contribution in [2.24, 2.45) is 0 Å². The first kappa shape index (κ1) is 16.7. The van der Waals surface area contributed by atoms with Crippen molar-refractivity contribution < 1.29 is 13.2 Å². The van der Waals surface area contributed by atoms with Crippen molar-refractivity contribution in [1.29, 1.82) is 0 Å². The predicted molar refractivity (Wildman–Crippen MR) is 86.6 cm³/mol. The molecule has 1 aliphatic rings. The molecule has 1 aromatic rings. The molecule has 1 heterocycles. The molecule has 0 saturated carbocycles. The van der Waals surface area contributed by atoms with Gasteiger partial charge in [0.1, 0.15) is 0 Å². The summed E-state index contributed by atoms with van der Waals surface area (Å²) in [6.07, 6.45) is 1.59. The molecule has 1 aliphatic heterocycles. The van der Waals surface area contributed by atoms with Gasteiger partial charge in [-0.3, -0.25) is 4.79 Å². The van der Waals surface area contributed by atoms with Crippen LogP contribution in [0.2, 0.25) is 0 Å². The van der Waals surface area contributed by atoms with Crippen LogP contribution in [0.1, 0.15) is 19.4 Å². The molecule has 0 unspecified atom stereocenters. The lowest BCUT2D eigenvalue weighted by atomic mass is 10.2. The summed E-state index contributed by atoms with van der Waals surface area (Å²) in [5, 5.41) is 0. The monoisotopic (exact) mass is 322 g/mol. The van der Waals surface area contributed by atoms with Crippen LogP contribution >= 0.6 is 0 Å². The van der Waals surface area contributed by atoms with Crippen LogP contribution in [0.15, 0.2) is 42.0 Å². The van der Waals surface area contributed by atoms with Crippen molar-refractivity contribution >= 4 is 15.9 Å². The van der Waals surface area contributed by atoms with Crippen molar-refractivity contribution in [1.82, 2.24) is 9.21 Å². The van der Waals surface area contributed by atoms with E-state index in [1.807, 2.05) is 44.2 Å². The largest absolute Gasteiger partial charge is 0.337 e. The Balaban J connectivity index is 1.96. The summed E-state index contributed by atoms with van der Waals surface area (Å²) >= 11 is 0. The first-order chi connectivity index (χ1) is 10.4. The van der Waals surface area contributed by atoms with Crippen molar-refractivity contribution in [2.45, 2.75) is 19.6 Å². The Labute approximate surface area is 132 Å². The van der Waals surface area contributed by atoms with E-state index in [1.165, 1.54) is 4.31 Å². The molecule has 6 heteroatoms. The number of carbonyl (C=O) groups is 1. The smallest absolute Gasteiger partial charge is 0.246 e. The van der Waals surface area contributed by atoms with E-state index in [4.69, 9.17) is 0 Å². The Hall–Kier alpha value is -1.66. The standard InChI is InChI=1S/C16H22N2O3S/c1-14(2)12-16(19)17-8-10-18(11-9-17)22(20,21)13-15-6-4-3-5-7-15/h3-7,12H,8-11,13H2,1-2H3. The number of amides is 1. The van der Waals surface area contributed by atoms with Crippen LogP contribution < -0.4 is 0 Å².